The lowest BCUT2D eigenvalue weighted by Gasteiger charge is -2.33. The molecule has 2 aromatic rings. The lowest BCUT2D eigenvalue weighted by molar-refractivity contribution is 0.221. The third kappa shape index (κ3) is 13.2. The Labute approximate surface area is 215 Å². The number of rotatable bonds is 5. The van der Waals surface area contributed by atoms with E-state index in [-0.39, 0.29) is 0 Å². The Kier molecular flexibility index (Phi) is 16.5. The number of aromatic nitrogens is 2. The monoisotopic (exact) mass is 484 g/mol. The van der Waals surface area contributed by atoms with Crippen LogP contribution in [0, 0.1) is 19.8 Å². The lowest BCUT2D eigenvalue weighted by atomic mass is 9.90. The summed E-state index contributed by atoms with van der Waals surface area (Å²) in [6.07, 6.45) is 6.47. The molecule has 0 spiro atoms. The summed E-state index contributed by atoms with van der Waals surface area (Å²) in [5.41, 5.74) is 9.58. The van der Waals surface area contributed by atoms with E-state index in [4.69, 9.17) is 10.7 Å². The van der Waals surface area contributed by atoms with Gasteiger partial charge in [-0.3, -0.25) is 0 Å². The largest absolute Gasteiger partial charge is 0.399 e. The van der Waals surface area contributed by atoms with E-state index in [2.05, 4.69) is 62.0 Å². The van der Waals surface area contributed by atoms with Crippen molar-refractivity contribution in [2.45, 2.75) is 93.2 Å². The van der Waals surface area contributed by atoms with Crippen molar-refractivity contribution < 1.29 is 0 Å². The molecule has 0 unspecified atom stereocenters. The number of nitrogens with one attached hydrogen (secondary N) is 2. The lowest BCUT2D eigenvalue weighted by Crippen LogP contribution is -2.36. The zero-order valence-electron chi connectivity index (χ0n) is 24.1. The minimum Gasteiger partial charge on any atom is -0.399 e. The summed E-state index contributed by atoms with van der Waals surface area (Å²) in [6.45, 7) is 19.8. The van der Waals surface area contributed by atoms with Gasteiger partial charge in [0.25, 0.3) is 0 Å². The third-order valence-electron chi connectivity index (χ3n) is 5.30. The van der Waals surface area contributed by atoms with Crippen LogP contribution in [-0.4, -0.2) is 41.0 Å². The summed E-state index contributed by atoms with van der Waals surface area (Å²) in [5, 5.41) is 6.92. The molecule has 1 aromatic heterocycles. The molecule has 0 amide bonds. The number of hydrogen-bond acceptors (Lipinski definition) is 6. The molecule has 0 atom stereocenters. The van der Waals surface area contributed by atoms with Crippen LogP contribution in [0.2, 0.25) is 0 Å². The fraction of sp³-hybridized carbons (Fsp3) is 0.586. The van der Waals surface area contributed by atoms with E-state index in [9.17, 15) is 0 Å². The van der Waals surface area contributed by atoms with Gasteiger partial charge in [0.2, 0.25) is 5.95 Å². The van der Waals surface area contributed by atoms with Crippen molar-refractivity contribution in [2.75, 3.05) is 30.5 Å². The van der Waals surface area contributed by atoms with Gasteiger partial charge in [-0.05, 0) is 84.7 Å². The minimum absolute atomic E-state index is 0.438. The fourth-order valence-electron chi connectivity index (χ4n) is 3.49. The predicted octanol–water partition coefficient (Wildman–Crippen LogP) is 7.58. The Morgan fingerprint density at radius 2 is 1.60 bits per heavy atom. The molecule has 4 N–H and O–H groups in total. The van der Waals surface area contributed by atoms with Gasteiger partial charge in [0.1, 0.15) is 5.82 Å². The average molecular weight is 485 g/mol. The number of nitrogens with zero attached hydrogens (tertiary/aromatic N) is 3. The Bertz CT molecular complexity index is 836. The van der Waals surface area contributed by atoms with Gasteiger partial charge in [-0.15, -0.1) is 6.58 Å². The van der Waals surface area contributed by atoms with Crippen molar-refractivity contribution in [3.8, 4) is 0 Å². The average Bonchev–Trinajstić information content (AvgIpc) is 2.79. The molecule has 1 aliphatic carbocycles. The molecule has 1 aliphatic rings. The first kappa shape index (κ1) is 32.4. The van der Waals surface area contributed by atoms with E-state index in [0.717, 1.165) is 47.2 Å². The maximum Gasteiger partial charge on any atom is 0.225 e. The van der Waals surface area contributed by atoms with Crippen molar-refractivity contribution in [3.63, 3.8) is 0 Å². The number of aryl methyl sites for hydroxylation is 1. The van der Waals surface area contributed by atoms with Crippen molar-refractivity contribution in [3.05, 3.63) is 48.2 Å². The maximum absolute atomic E-state index is 5.88. The summed E-state index contributed by atoms with van der Waals surface area (Å²) in [7, 11) is 4.33. The molecular formula is C29H52N6. The molecule has 3 rings (SSSR count). The SMILES string of the molecule is C=CC.CC.CC(C)C.Cc1nc(NC2CCC(N(C)C)CC2)nc(Nc2cccc(N)c2)c1C. The summed E-state index contributed by atoms with van der Waals surface area (Å²) < 4.78 is 0. The van der Waals surface area contributed by atoms with Gasteiger partial charge in [-0.1, -0.05) is 46.8 Å². The van der Waals surface area contributed by atoms with Crippen LogP contribution in [0.15, 0.2) is 36.9 Å². The van der Waals surface area contributed by atoms with Gasteiger partial charge in [0.05, 0.1) is 0 Å². The molecule has 35 heavy (non-hydrogen) atoms. The summed E-state index contributed by atoms with van der Waals surface area (Å²) >= 11 is 0. The van der Waals surface area contributed by atoms with Gasteiger partial charge < -0.3 is 21.3 Å². The first-order valence-electron chi connectivity index (χ1n) is 13.0. The molecule has 198 valence electrons. The van der Waals surface area contributed by atoms with Crippen molar-refractivity contribution in [1.29, 1.82) is 0 Å². The van der Waals surface area contributed by atoms with Crippen LogP contribution in [0.1, 0.15) is 78.5 Å². The first-order chi connectivity index (χ1) is 16.6. The third-order valence-corrected chi connectivity index (χ3v) is 5.30. The van der Waals surface area contributed by atoms with Crippen LogP contribution in [0.5, 0.6) is 0 Å². The molecule has 6 nitrogen and oxygen atoms in total. The van der Waals surface area contributed by atoms with Crippen LogP contribution >= 0.6 is 0 Å². The van der Waals surface area contributed by atoms with E-state index >= 15 is 0 Å². The first-order valence-corrected chi connectivity index (χ1v) is 13.0. The van der Waals surface area contributed by atoms with Crippen molar-refractivity contribution in [1.82, 2.24) is 14.9 Å². The van der Waals surface area contributed by atoms with Crippen LogP contribution in [0.25, 0.3) is 0 Å². The topological polar surface area (TPSA) is 79.1 Å². The Balaban J connectivity index is 0.00000112. The highest BCUT2D eigenvalue weighted by Crippen LogP contribution is 2.26. The highest BCUT2D eigenvalue weighted by Gasteiger charge is 2.23. The molecular weight excluding hydrogens is 432 g/mol. The molecule has 6 heteroatoms. The summed E-state index contributed by atoms with van der Waals surface area (Å²) in [6, 6.07) is 8.84. The van der Waals surface area contributed by atoms with E-state index in [1.807, 2.05) is 58.9 Å². The molecule has 0 bridgehead atoms. The molecule has 0 aliphatic heterocycles. The Morgan fingerprint density at radius 3 is 2.09 bits per heavy atom. The number of hydrogen-bond donors (Lipinski definition) is 3. The predicted molar refractivity (Wildman–Crippen MR) is 157 cm³/mol. The molecule has 1 aromatic carbocycles. The van der Waals surface area contributed by atoms with Gasteiger partial charge >= 0.3 is 0 Å². The smallest absolute Gasteiger partial charge is 0.225 e. The van der Waals surface area contributed by atoms with Crippen molar-refractivity contribution >= 4 is 23.1 Å². The number of allylic oxidation sites excluding steroid dienone is 1. The normalized spacial score (nSPS) is 16.6. The second kappa shape index (κ2) is 17.8. The van der Waals surface area contributed by atoms with Gasteiger partial charge in [-0.2, -0.15) is 4.98 Å². The molecule has 0 radical (unpaired) electrons. The van der Waals surface area contributed by atoms with Crippen LogP contribution in [0.3, 0.4) is 0 Å². The van der Waals surface area contributed by atoms with Crippen LogP contribution < -0.4 is 16.4 Å². The number of benzene rings is 1. The van der Waals surface area contributed by atoms with E-state index in [1.165, 1.54) is 12.8 Å². The second-order valence-electron chi connectivity index (χ2n) is 9.61. The maximum atomic E-state index is 5.88. The fourth-order valence-corrected chi connectivity index (χ4v) is 3.49. The van der Waals surface area contributed by atoms with E-state index < -0.39 is 0 Å². The van der Waals surface area contributed by atoms with Crippen molar-refractivity contribution in [2.24, 2.45) is 5.92 Å². The molecule has 1 fully saturated rings. The standard InChI is InChI=1S/C20H30N6.C4H10.C3H6.C2H6/c1-13-14(2)22-20(24-16-8-10-18(11-9-16)26(3)4)25-19(13)23-17-7-5-6-15(21)12-17;1-4(2)3;1-3-2;1-2/h5-7,12,16,18H,8-11,21H2,1-4H3,(H2,22,23,24,25);4H,1-3H3;3H,1H2,2H3;1-2H3. The highest BCUT2D eigenvalue weighted by atomic mass is 15.2. The van der Waals surface area contributed by atoms with Gasteiger partial charge in [0, 0.05) is 34.7 Å². The summed E-state index contributed by atoms with van der Waals surface area (Å²) in [4.78, 5) is 11.7. The van der Waals surface area contributed by atoms with Crippen LogP contribution in [0.4, 0.5) is 23.1 Å². The quantitative estimate of drug-likeness (QED) is 0.300. The second-order valence-corrected chi connectivity index (χ2v) is 9.61. The Morgan fingerprint density at radius 1 is 1.06 bits per heavy atom. The molecule has 1 saturated carbocycles. The minimum atomic E-state index is 0.438. The van der Waals surface area contributed by atoms with E-state index in [0.29, 0.717) is 18.0 Å². The highest BCUT2D eigenvalue weighted by molar-refractivity contribution is 5.64. The van der Waals surface area contributed by atoms with Gasteiger partial charge in [-0.25, -0.2) is 4.98 Å². The van der Waals surface area contributed by atoms with Gasteiger partial charge in [0.15, 0.2) is 0 Å². The number of anilines is 4. The Hall–Kier alpha value is -2.60. The molecule has 0 saturated heterocycles. The zero-order valence-corrected chi connectivity index (χ0v) is 24.1. The number of nitrogen functional groups attached to an aromatic ring is 1. The van der Waals surface area contributed by atoms with Crippen LogP contribution in [-0.2, 0) is 0 Å². The summed E-state index contributed by atoms with van der Waals surface area (Å²) in [5.74, 6) is 2.36. The van der Waals surface area contributed by atoms with E-state index in [1.54, 1.807) is 6.08 Å². The molecule has 1 heterocycles. The zero-order chi connectivity index (χ0) is 27.0. The number of nitrogens with two attached hydrogens (primary N) is 1.